The normalized spacial score (nSPS) is 15.6. The lowest BCUT2D eigenvalue weighted by atomic mass is 9.78. The number of nitrogens with zero attached hydrogens (tertiary/aromatic N) is 4. The van der Waals surface area contributed by atoms with E-state index in [0.717, 1.165) is 34.1 Å². The van der Waals surface area contributed by atoms with E-state index in [-0.39, 0.29) is 170 Å². The summed E-state index contributed by atoms with van der Waals surface area (Å²) < 4.78 is 0. The smallest absolute Gasteiger partial charge is 0.312 e. The number of carbonyl (C=O) groups excluding carboxylic acids is 23. The highest BCUT2D eigenvalue weighted by Crippen LogP contribution is 2.31. The summed E-state index contributed by atoms with van der Waals surface area (Å²) >= 11 is 0. The molecule has 0 saturated heterocycles. The first kappa shape index (κ1) is 117. The Morgan fingerprint density at radius 3 is 0.762 bits per heavy atom. The molecule has 726 valence electrons. The summed E-state index contributed by atoms with van der Waals surface area (Å²) in [6.07, 6.45) is 16.3. The van der Waals surface area contributed by atoms with Gasteiger partial charge in [-0.15, -0.1) is 0 Å². The standard InChI is InChI=1S/C26H42N4O6.C23H36N4O6.C23H36N2O5.C21H32N4O6/c1-17(2)23(29-20(32)11-7-6-8-15-30-21(33)12-13-22(30)34)19(31)16-18(24(35)26(3,4)5)10-9-14-28-25(27)36;1-14(2)20(26-17(29)10-12-27-18(30)8-9-19(27)31)16(28)13-15(21(32)23(3,4)5)7-6-11-25-22(24)33;1-15(2)21(17(26)14-16(3)22(30)23(4,5)6)24-18(27)10-8-7-9-13-25-19(28)11-12-20(25)29;1-13(24-16(27)9-11-25-17(28)7-8-18(25)29)15(26)12-14(19(30)21(2,3)4)6-5-10-23-20(22)31/h12-13,17-18,23H,6-11,14-16H2,1-5H3,(H,29,32)(H3,27,28,36);8-9,14-15,20H,6-7,10-13H2,1-5H3,(H,26,29)(H3,24,25,33);11-12,15-16,21H,7-10,13-14H2,1-6H3,(H,24,27);7-8,13-14H,5-6,9-12H2,1-4H3,(H,24,27)(H3,22,23,31)/t18-,23+;15-,20+;16-,21+;13-,14+/m1110/s1. The van der Waals surface area contributed by atoms with Crippen molar-refractivity contribution in [2.45, 2.75) is 291 Å². The second-order valence-electron chi connectivity index (χ2n) is 38.4. The molecule has 13 N–H and O–H groups in total. The van der Waals surface area contributed by atoms with E-state index < -0.39 is 117 Å². The van der Waals surface area contributed by atoms with Gasteiger partial charge in [-0.1, -0.05) is 144 Å². The van der Waals surface area contributed by atoms with Crippen molar-refractivity contribution in [2.75, 3.05) is 45.8 Å². The number of urea groups is 3. The number of amides is 18. The molecule has 0 aromatic heterocycles. The van der Waals surface area contributed by atoms with Gasteiger partial charge in [-0.3, -0.25) is 115 Å². The van der Waals surface area contributed by atoms with Crippen LogP contribution in [0.3, 0.4) is 0 Å². The van der Waals surface area contributed by atoms with Gasteiger partial charge in [-0.05, 0) is 88.9 Å². The van der Waals surface area contributed by atoms with Crippen LogP contribution in [-0.2, 0) is 95.9 Å². The fourth-order valence-corrected chi connectivity index (χ4v) is 14.4. The molecule has 0 aliphatic carbocycles. The zero-order valence-corrected chi connectivity index (χ0v) is 80.0. The number of nitrogens with one attached hydrogen (secondary N) is 7. The summed E-state index contributed by atoms with van der Waals surface area (Å²) in [6.45, 7) is 37.3. The number of hydrogen-bond donors (Lipinski definition) is 10. The number of ketones is 8. The number of Topliss-reactive ketones (excluding diaryl/α,β-unsaturated/α-hetero) is 8. The van der Waals surface area contributed by atoms with E-state index >= 15 is 0 Å². The van der Waals surface area contributed by atoms with Crippen molar-refractivity contribution in [3.8, 4) is 0 Å². The number of hydrogen-bond acceptors (Lipinski definition) is 23. The van der Waals surface area contributed by atoms with Gasteiger partial charge in [-0.25, -0.2) is 14.4 Å². The van der Waals surface area contributed by atoms with Gasteiger partial charge in [0.2, 0.25) is 23.6 Å². The van der Waals surface area contributed by atoms with Crippen LogP contribution in [0.1, 0.15) is 267 Å². The fraction of sp³-hybridized carbons (Fsp3) is 0.667. The predicted molar refractivity (Wildman–Crippen MR) is 484 cm³/mol. The number of primary amides is 3. The minimum Gasteiger partial charge on any atom is -0.352 e. The van der Waals surface area contributed by atoms with E-state index in [1.165, 1.54) is 41.0 Å². The van der Waals surface area contributed by atoms with E-state index in [2.05, 4.69) is 37.2 Å². The van der Waals surface area contributed by atoms with Crippen molar-refractivity contribution in [1.82, 2.24) is 56.8 Å². The predicted octanol–water partition coefficient (Wildman–Crippen LogP) is 6.60. The van der Waals surface area contributed by atoms with Crippen LogP contribution < -0.4 is 54.4 Å². The molecule has 0 fully saturated rings. The van der Waals surface area contributed by atoms with Gasteiger partial charge in [0.1, 0.15) is 23.1 Å². The third-order valence-electron chi connectivity index (χ3n) is 21.6. The fourth-order valence-electron chi connectivity index (χ4n) is 14.4. The average Bonchev–Trinajstić information content (AvgIpc) is 1.48. The van der Waals surface area contributed by atoms with E-state index in [4.69, 9.17) is 17.2 Å². The molecule has 8 atom stereocenters. The summed E-state index contributed by atoms with van der Waals surface area (Å²) in [5, 5.41) is 18.3. The molecule has 0 radical (unpaired) electrons. The lowest BCUT2D eigenvalue weighted by Gasteiger charge is -2.27. The Kier molecular flexibility index (Phi) is 50.4. The molecule has 37 heteroatoms. The van der Waals surface area contributed by atoms with Crippen LogP contribution in [-0.4, -0.2) is 225 Å². The molecule has 4 aliphatic heterocycles. The molecule has 0 unspecified atom stereocenters. The van der Waals surface area contributed by atoms with Crippen LogP contribution in [0.5, 0.6) is 0 Å². The lowest BCUT2D eigenvalue weighted by molar-refractivity contribution is -0.139. The first-order chi connectivity index (χ1) is 60.1. The van der Waals surface area contributed by atoms with Gasteiger partial charge < -0.3 is 54.4 Å². The summed E-state index contributed by atoms with van der Waals surface area (Å²) in [5.41, 5.74) is 12.8. The molecule has 18 amide bonds. The maximum Gasteiger partial charge on any atom is 0.312 e. The number of carbonyl (C=O) groups is 23. The minimum atomic E-state index is -0.824. The topological polar surface area (TPSA) is 568 Å². The molecule has 0 bridgehead atoms. The van der Waals surface area contributed by atoms with E-state index in [9.17, 15) is 110 Å². The van der Waals surface area contributed by atoms with Crippen LogP contribution in [0.25, 0.3) is 0 Å². The van der Waals surface area contributed by atoms with E-state index in [1.807, 2.05) is 69.2 Å². The molecule has 4 rings (SSSR count). The van der Waals surface area contributed by atoms with Gasteiger partial charge in [0.05, 0.1) is 24.2 Å². The molecule has 4 heterocycles. The Hall–Kier alpha value is -11.4. The third-order valence-corrected chi connectivity index (χ3v) is 21.6. The van der Waals surface area contributed by atoms with Crippen LogP contribution in [0.2, 0.25) is 0 Å². The zero-order valence-electron chi connectivity index (χ0n) is 80.0. The van der Waals surface area contributed by atoms with Crippen molar-refractivity contribution in [3.05, 3.63) is 48.6 Å². The van der Waals surface area contributed by atoms with Gasteiger partial charge in [0.25, 0.3) is 47.3 Å². The maximum atomic E-state index is 13.2. The molecule has 4 aliphatic rings. The van der Waals surface area contributed by atoms with Crippen LogP contribution in [0, 0.1) is 63.1 Å². The zero-order chi connectivity index (χ0) is 99.6. The summed E-state index contributed by atoms with van der Waals surface area (Å²) in [4.78, 5) is 281. The average molecular weight is 1830 g/mol. The van der Waals surface area contributed by atoms with Crippen molar-refractivity contribution >= 4 is 135 Å². The Morgan fingerprint density at radius 2 is 0.515 bits per heavy atom. The van der Waals surface area contributed by atoms with Crippen LogP contribution in [0.4, 0.5) is 14.4 Å². The molecule has 0 aromatic carbocycles. The second-order valence-corrected chi connectivity index (χ2v) is 38.4. The molecule has 130 heavy (non-hydrogen) atoms. The van der Waals surface area contributed by atoms with Crippen LogP contribution in [0.15, 0.2) is 48.6 Å². The second kappa shape index (κ2) is 56.2. The highest BCUT2D eigenvalue weighted by molar-refractivity contribution is 6.15. The van der Waals surface area contributed by atoms with Crippen molar-refractivity contribution < 1.29 is 110 Å². The van der Waals surface area contributed by atoms with Crippen molar-refractivity contribution in [2.24, 2.45) is 80.3 Å². The monoisotopic (exact) mass is 1830 g/mol. The van der Waals surface area contributed by atoms with Gasteiger partial charge in [0.15, 0.2) is 23.1 Å². The minimum absolute atomic E-state index is 0.0156. The largest absolute Gasteiger partial charge is 0.352 e. The molecule has 0 saturated carbocycles. The first-order valence-corrected chi connectivity index (χ1v) is 44.8. The van der Waals surface area contributed by atoms with Gasteiger partial charge in [0, 0.05) is 191 Å². The Labute approximate surface area is 764 Å². The number of imide groups is 4. The van der Waals surface area contributed by atoms with Gasteiger partial charge in [-0.2, -0.15) is 0 Å². The number of rotatable bonds is 53. The van der Waals surface area contributed by atoms with Gasteiger partial charge >= 0.3 is 18.1 Å². The maximum absolute atomic E-state index is 13.2. The number of nitrogens with two attached hydrogens (primary N) is 3. The SMILES string of the molecule is CC(C)[C@H](NC(=O)CCCCCN1C(=O)C=CC1=O)C(=O)C[C@@H](C)C(=O)C(C)(C)C.CC(C)[C@H](NC(=O)CCCCCN1C(=O)C=CC1=O)C(=O)C[C@@H](CCCNC(N)=O)C(=O)C(C)(C)C.CC(C)[C@H](NC(=O)CCN1C(=O)C=CC1=O)C(=O)C[C@@H](CCCNC(N)=O)C(=O)C(C)(C)C.C[C@H](NC(=O)CCN1C(=O)C=CC1=O)C(=O)C[C@@H](CCCNC(N)=O)C(=O)C(C)(C)C. The van der Waals surface area contributed by atoms with E-state index in [0.29, 0.717) is 110 Å². The first-order valence-electron chi connectivity index (χ1n) is 44.8. The highest BCUT2D eigenvalue weighted by atomic mass is 16.2. The van der Waals surface area contributed by atoms with Crippen molar-refractivity contribution in [3.63, 3.8) is 0 Å². The summed E-state index contributed by atoms with van der Waals surface area (Å²) in [5.74, 6) is -7.98. The van der Waals surface area contributed by atoms with E-state index in [1.54, 1.807) is 62.3 Å². The third kappa shape index (κ3) is 44.3. The molecule has 37 nitrogen and oxygen atoms in total. The van der Waals surface area contributed by atoms with Crippen LogP contribution >= 0.6 is 0 Å². The summed E-state index contributed by atoms with van der Waals surface area (Å²) in [6, 6.07) is -4.89. The van der Waals surface area contributed by atoms with Crippen molar-refractivity contribution in [1.29, 1.82) is 0 Å². The summed E-state index contributed by atoms with van der Waals surface area (Å²) in [7, 11) is 0. The Morgan fingerprint density at radius 1 is 0.285 bits per heavy atom. The molecular formula is C93H146N14O23. The highest BCUT2D eigenvalue weighted by Gasteiger charge is 2.39. The Balaban J connectivity index is 0.000000869. The quantitative estimate of drug-likeness (QED) is 0.0226. The molecular weight excluding hydrogens is 1680 g/mol. The number of unbranched alkanes of at least 4 members (excludes halogenated alkanes) is 4. The molecule has 0 spiro atoms. The Bertz CT molecular complexity index is 4110. The molecule has 0 aromatic rings. The lowest BCUT2D eigenvalue weighted by Crippen LogP contribution is -2.46.